The van der Waals surface area contributed by atoms with Gasteiger partial charge in [-0.25, -0.2) is 9.37 Å². The molecule has 0 unspecified atom stereocenters. The molecule has 1 heterocycles. The van der Waals surface area contributed by atoms with Crippen LogP contribution in [0.25, 0.3) is 0 Å². The summed E-state index contributed by atoms with van der Waals surface area (Å²) in [6.07, 6.45) is 0. The predicted octanol–water partition coefficient (Wildman–Crippen LogP) is 2.80. The van der Waals surface area contributed by atoms with Crippen molar-refractivity contribution in [3.8, 4) is 0 Å². The summed E-state index contributed by atoms with van der Waals surface area (Å²) in [4.78, 5) is 7.57. The molecule has 2 aromatic rings. The number of nitrogens with two attached hydrogens (primary N) is 1. The van der Waals surface area contributed by atoms with Crippen LogP contribution in [0.2, 0.25) is 0 Å². The van der Waals surface area contributed by atoms with Gasteiger partial charge in [-0.15, -0.1) is 11.3 Å². The Morgan fingerprint density at radius 1 is 1.33 bits per heavy atom. The number of halogens is 1. The molecule has 0 amide bonds. The molecule has 0 fully saturated rings. The monoisotopic (exact) mass is 265 g/mol. The van der Waals surface area contributed by atoms with E-state index in [0.717, 1.165) is 17.8 Å². The Labute approximate surface area is 110 Å². The number of thiazole rings is 1. The van der Waals surface area contributed by atoms with E-state index in [1.165, 1.54) is 17.0 Å². The van der Waals surface area contributed by atoms with Crippen molar-refractivity contribution in [3.63, 3.8) is 0 Å². The van der Waals surface area contributed by atoms with Gasteiger partial charge in [-0.3, -0.25) is 4.90 Å². The molecular weight excluding hydrogens is 249 g/mol. The van der Waals surface area contributed by atoms with E-state index >= 15 is 0 Å². The Hall–Kier alpha value is -1.46. The molecule has 1 aromatic heterocycles. The zero-order chi connectivity index (χ0) is 13.1. The van der Waals surface area contributed by atoms with Crippen molar-refractivity contribution < 1.29 is 4.39 Å². The highest BCUT2D eigenvalue weighted by Crippen LogP contribution is 2.17. The number of hydrogen-bond donors (Lipinski definition) is 1. The van der Waals surface area contributed by atoms with E-state index in [0.29, 0.717) is 12.2 Å². The Morgan fingerprint density at radius 3 is 2.72 bits per heavy atom. The quantitative estimate of drug-likeness (QED) is 0.864. The molecule has 0 saturated heterocycles. The van der Waals surface area contributed by atoms with Gasteiger partial charge in [-0.2, -0.15) is 0 Å². The standard InChI is InChI=1S/C13H16FN3S/c1-9-13(18-8-16-9)7-17(2)6-10-3-11(14)5-12(15)4-10/h3-5,8H,6-7,15H2,1-2H3. The van der Waals surface area contributed by atoms with Crippen molar-refractivity contribution in [1.29, 1.82) is 0 Å². The van der Waals surface area contributed by atoms with Gasteiger partial charge in [0.2, 0.25) is 0 Å². The molecule has 2 rings (SSSR count). The van der Waals surface area contributed by atoms with Gasteiger partial charge in [0.1, 0.15) is 5.82 Å². The Balaban J connectivity index is 2.03. The fourth-order valence-corrected chi connectivity index (χ4v) is 2.71. The van der Waals surface area contributed by atoms with Crippen molar-refractivity contribution in [1.82, 2.24) is 9.88 Å². The van der Waals surface area contributed by atoms with Gasteiger partial charge >= 0.3 is 0 Å². The minimum atomic E-state index is -0.285. The smallest absolute Gasteiger partial charge is 0.125 e. The van der Waals surface area contributed by atoms with Gasteiger partial charge in [-0.1, -0.05) is 0 Å². The highest BCUT2D eigenvalue weighted by molar-refractivity contribution is 7.09. The van der Waals surface area contributed by atoms with Crippen molar-refractivity contribution in [2.24, 2.45) is 0 Å². The normalized spacial score (nSPS) is 11.1. The zero-order valence-corrected chi connectivity index (χ0v) is 11.3. The third kappa shape index (κ3) is 3.27. The second kappa shape index (κ2) is 5.46. The number of nitrogen functional groups attached to an aromatic ring is 1. The first kappa shape index (κ1) is 13.0. The molecule has 2 N–H and O–H groups in total. The highest BCUT2D eigenvalue weighted by atomic mass is 32.1. The van der Waals surface area contributed by atoms with E-state index in [1.807, 2.05) is 19.5 Å². The first-order valence-electron chi connectivity index (χ1n) is 5.67. The molecular formula is C13H16FN3S. The van der Waals surface area contributed by atoms with Crippen molar-refractivity contribution >= 4 is 17.0 Å². The van der Waals surface area contributed by atoms with Gasteiger partial charge < -0.3 is 5.73 Å². The lowest BCUT2D eigenvalue weighted by Crippen LogP contribution is -2.17. The number of benzene rings is 1. The summed E-state index contributed by atoms with van der Waals surface area (Å²) in [5, 5.41) is 0. The summed E-state index contributed by atoms with van der Waals surface area (Å²) < 4.78 is 13.2. The lowest BCUT2D eigenvalue weighted by Gasteiger charge is -2.16. The SMILES string of the molecule is Cc1ncsc1CN(C)Cc1cc(N)cc(F)c1. The first-order valence-corrected chi connectivity index (χ1v) is 6.55. The maximum absolute atomic E-state index is 13.2. The van der Waals surface area contributed by atoms with Gasteiger partial charge in [-0.05, 0) is 37.7 Å². The molecule has 0 aliphatic carbocycles. The summed E-state index contributed by atoms with van der Waals surface area (Å²) >= 11 is 1.64. The minimum absolute atomic E-state index is 0.285. The van der Waals surface area contributed by atoms with E-state index in [2.05, 4.69) is 9.88 Å². The summed E-state index contributed by atoms with van der Waals surface area (Å²) in [5.41, 5.74) is 9.89. The average Bonchev–Trinajstić information content (AvgIpc) is 2.62. The largest absolute Gasteiger partial charge is 0.399 e. The van der Waals surface area contributed by atoms with Gasteiger partial charge in [0.05, 0.1) is 11.2 Å². The Kier molecular flexibility index (Phi) is 3.93. The molecule has 0 aliphatic rings. The molecule has 18 heavy (non-hydrogen) atoms. The Morgan fingerprint density at radius 2 is 2.11 bits per heavy atom. The molecule has 96 valence electrons. The van der Waals surface area contributed by atoms with Crippen LogP contribution in [0, 0.1) is 12.7 Å². The second-order valence-electron chi connectivity index (χ2n) is 4.43. The van der Waals surface area contributed by atoms with Crippen molar-refractivity contribution in [3.05, 3.63) is 45.7 Å². The molecule has 0 atom stereocenters. The maximum Gasteiger partial charge on any atom is 0.125 e. The van der Waals surface area contributed by atoms with Crippen LogP contribution in [0.3, 0.4) is 0 Å². The topological polar surface area (TPSA) is 42.2 Å². The fourth-order valence-electron chi connectivity index (χ4n) is 1.86. The van der Waals surface area contributed by atoms with Crippen molar-refractivity contribution in [2.75, 3.05) is 12.8 Å². The molecule has 0 saturated carbocycles. The summed E-state index contributed by atoms with van der Waals surface area (Å²) in [7, 11) is 2.00. The minimum Gasteiger partial charge on any atom is -0.399 e. The Bertz CT molecular complexity index is 519. The number of nitrogens with zero attached hydrogens (tertiary/aromatic N) is 2. The third-order valence-electron chi connectivity index (χ3n) is 2.69. The number of aryl methyl sites for hydroxylation is 1. The molecule has 1 aromatic carbocycles. The lowest BCUT2D eigenvalue weighted by atomic mass is 10.2. The second-order valence-corrected chi connectivity index (χ2v) is 5.37. The first-order chi connectivity index (χ1) is 8.54. The van der Waals surface area contributed by atoms with E-state index in [9.17, 15) is 4.39 Å². The van der Waals surface area contributed by atoms with E-state index in [1.54, 1.807) is 17.4 Å². The average molecular weight is 265 g/mol. The fraction of sp³-hybridized carbons (Fsp3) is 0.308. The summed E-state index contributed by atoms with van der Waals surface area (Å²) in [6.45, 7) is 3.48. The molecule has 3 nitrogen and oxygen atoms in total. The molecule has 0 bridgehead atoms. The van der Waals surface area contributed by atoms with E-state index in [4.69, 9.17) is 5.73 Å². The van der Waals surface area contributed by atoms with Crippen LogP contribution in [-0.4, -0.2) is 16.9 Å². The van der Waals surface area contributed by atoms with Crippen LogP contribution in [0.1, 0.15) is 16.1 Å². The predicted molar refractivity (Wildman–Crippen MR) is 72.8 cm³/mol. The van der Waals surface area contributed by atoms with Crippen LogP contribution in [0.4, 0.5) is 10.1 Å². The molecule has 5 heteroatoms. The number of aromatic nitrogens is 1. The van der Waals surface area contributed by atoms with Crippen LogP contribution in [0.15, 0.2) is 23.7 Å². The lowest BCUT2D eigenvalue weighted by molar-refractivity contribution is 0.320. The zero-order valence-electron chi connectivity index (χ0n) is 10.5. The molecule has 0 spiro atoms. The van der Waals surface area contributed by atoms with E-state index < -0.39 is 0 Å². The summed E-state index contributed by atoms with van der Waals surface area (Å²) in [6, 6.07) is 4.66. The number of hydrogen-bond acceptors (Lipinski definition) is 4. The van der Waals surface area contributed by atoms with E-state index in [-0.39, 0.29) is 5.82 Å². The van der Waals surface area contributed by atoms with Gasteiger partial charge in [0.25, 0.3) is 0 Å². The van der Waals surface area contributed by atoms with Crippen LogP contribution in [0.5, 0.6) is 0 Å². The van der Waals surface area contributed by atoms with Crippen LogP contribution < -0.4 is 5.73 Å². The van der Waals surface area contributed by atoms with Gasteiger partial charge in [0, 0.05) is 23.7 Å². The van der Waals surface area contributed by atoms with Gasteiger partial charge in [0.15, 0.2) is 0 Å². The number of anilines is 1. The molecule has 0 aliphatic heterocycles. The third-order valence-corrected chi connectivity index (χ3v) is 3.61. The van der Waals surface area contributed by atoms with Crippen molar-refractivity contribution in [2.45, 2.75) is 20.0 Å². The van der Waals surface area contributed by atoms with Crippen LogP contribution in [-0.2, 0) is 13.1 Å². The molecule has 0 radical (unpaired) electrons. The number of rotatable bonds is 4. The highest BCUT2D eigenvalue weighted by Gasteiger charge is 2.07. The summed E-state index contributed by atoms with van der Waals surface area (Å²) in [5.74, 6) is -0.285. The van der Waals surface area contributed by atoms with Crippen LogP contribution >= 0.6 is 11.3 Å². The maximum atomic E-state index is 13.2.